The van der Waals surface area contributed by atoms with Gasteiger partial charge in [-0.05, 0) is 55.5 Å². The van der Waals surface area contributed by atoms with E-state index in [1.807, 2.05) is 55.5 Å². The lowest BCUT2D eigenvalue weighted by Crippen LogP contribution is -2.11. The van der Waals surface area contributed by atoms with Crippen LogP contribution in [0.15, 0.2) is 72.8 Å². The molecule has 0 atom stereocenters. The summed E-state index contributed by atoms with van der Waals surface area (Å²) in [7, 11) is 0. The summed E-state index contributed by atoms with van der Waals surface area (Å²) >= 11 is 5.86. The predicted octanol–water partition coefficient (Wildman–Crippen LogP) is 5.59. The third-order valence-electron chi connectivity index (χ3n) is 4.38. The van der Waals surface area contributed by atoms with Crippen molar-refractivity contribution in [2.45, 2.75) is 6.92 Å². The second-order valence-electron chi connectivity index (χ2n) is 6.34. The van der Waals surface area contributed by atoms with E-state index in [0.29, 0.717) is 22.1 Å². The van der Waals surface area contributed by atoms with Crippen LogP contribution in [0.2, 0.25) is 5.02 Å². The zero-order valence-electron chi connectivity index (χ0n) is 15.1. The number of carbonyl (C=O) groups excluding carboxylic acids is 1. The average molecular weight is 389 g/mol. The Kier molecular flexibility index (Phi) is 4.91. The van der Waals surface area contributed by atoms with Gasteiger partial charge in [-0.2, -0.15) is 5.10 Å². The quantitative estimate of drug-likeness (QED) is 0.478. The number of nitrogens with zero attached hydrogens (tertiary/aromatic N) is 2. The first-order valence-corrected chi connectivity index (χ1v) is 9.14. The van der Waals surface area contributed by atoms with Crippen molar-refractivity contribution in [2.24, 2.45) is 0 Å². The molecule has 1 amide bonds. The van der Waals surface area contributed by atoms with E-state index in [9.17, 15) is 4.79 Å². The van der Waals surface area contributed by atoms with Gasteiger partial charge in [-0.25, -0.2) is 0 Å². The smallest absolute Gasteiger partial charge is 0.255 e. The van der Waals surface area contributed by atoms with Crippen LogP contribution in [0.4, 0.5) is 17.2 Å². The zero-order chi connectivity index (χ0) is 19.5. The van der Waals surface area contributed by atoms with Crippen molar-refractivity contribution >= 4 is 45.5 Å². The molecule has 3 aromatic carbocycles. The molecule has 5 nitrogen and oxygen atoms in total. The minimum absolute atomic E-state index is 0.187. The molecule has 28 heavy (non-hydrogen) atoms. The molecular formula is C22H17ClN4O. The summed E-state index contributed by atoms with van der Waals surface area (Å²) in [5, 5.41) is 17.3. The summed E-state index contributed by atoms with van der Waals surface area (Å²) < 4.78 is 0. The highest BCUT2D eigenvalue weighted by Crippen LogP contribution is 2.26. The molecule has 0 fully saturated rings. The number of fused-ring (bicyclic) bond motifs is 1. The molecular weight excluding hydrogens is 372 g/mol. The summed E-state index contributed by atoms with van der Waals surface area (Å²) in [6.07, 6.45) is 0. The van der Waals surface area contributed by atoms with Crippen molar-refractivity contribution < 1.29 is 4.79 Å². The summed E-state index contributed by atoms with van der Waals surface area (Å²) in [6.45, 7) is 1.94. The molecule has 0 saturated carbocycles. The number of nitrogens with one attached hydrogen (secondary N) is 2. The number of halogens is 1. The first-order chi connectivity index (χ1) is 13.6. The van der Waals surface area contributed by atoms with Gasteiger partial charge in [0.1, 0.15) is 0 Å². The standard InChI is InChI=1S/C22H17ClN4O/c1-14-19-4-2-3-5-20(19)21(27-26-14)24-17-10-12-18(13-11-17)25-22(28)15-6-8-16(23)9-7-15/h2-13H,1H3,(H,24,27)(H,25,28). The van der Waals surface area contributed by atoms with Crippen molar-refractivity contribution in [3.05, 3.63) is 89.1 Å². The highest BCUT2D eigenvalue weighted by Gasteiger charge is 2.08. The van der Waals surface area contributed by atoms with E-state index in [2.05, 4.69) is 20.8 Å². The van der Waals surface area contributed by atoms with Crippen molar-refractivity contribution in [3.8, 4) is 0 Å². The topological polar surface area (TPSA) is 66.9 Å². The van der Waals surface area contributed by atoms with Crippen LogP contribution in [0, 0.1) is 6.92 Å². The molecule has 4 aromatic rings. The minimum atomic E-state index is -0.187. The summed E-state index contributed by atoms with van der Waals surface area (Å²) in [5.41, 5.74) is 2.99. The molecule has 0 saturated heterocycles. The molecule has 0 bridgehead atoms. The van der Waals surface area contributed by atoms with Crippen LogP contribution in [-0.2, 0) is 0 Å². The van der Waals surface area contributed by atoms with Crippen molar-refractivity contribution in [3.63, 3.8) is 0 Å². The van der Waals surface area contributed by atoms with Gasteiger partial charge < -0.3 is 10.6 Å². The second kappa shape index (κ2) is 7.66. The highest BCUT2D eigenvalue weighted by molar-refractivity contribution is 6.30. The fourth-order valence-electron chi connectivity index (χ4n) is 2.91. The summed E-state index contributed by atoms with van der Waals surface area (Å²) in [5.74, 6) is 0.506. The number of aromatic nitrogens is 2. The fraction of sp³-hybridized carbons (Fsp3) is 0.0455. The number of benzene rings is 3. The second-order valence-corrected chi connectivity index (χ2v) is 6.78. The molecule has 2 N–H and O–H groups in total. The molecule has 0 spiro atoms. The number of carbonyl (C=O) groups is 1. The van der Waals surface area contributed by atoms with Gasteiger partial charge in [0.2, 0.25) is 0 Å². The lowest BCUT2D eigenvalue weighted by Gasteiger charge is -2.10. The Labute approximate surface area is 167 Å². The molecule has 0 aliphatic heterocycles. The molecule has 138 valence electrons. The summed E-state index contributed by atoms with van der Waals surface area (Å²) in [6, 6.07) is 22.2. The van der Waals surface area contributed by atoms with E-state index in [0.717, 1.165) is 22.2 Å². The third-order valence-corrected chi connectivity index (χ3v) is 4.64. The molecule has 1 heterocycles. The van der Waals surface area contributed by atoms with E-state index >= 15 is 0 Å². The van der Waals surface area contributed by atoms with Crippen LogP contribution in [-0.4, -0.2) is 16.1 Å². The number of hydrogen-bond acceptors (Lipinski definition) is 4. The average Bonchev–Trinajstić information content (AvgIpc) is 2.72. The van der Waals surface area contributed by atoms with E-state index < -0.39 is 0 Å². The van der Waals surface area contributed by atoms with Gasteiger partial charge in [0, 0.05) is 32.7 Å². The van der Waals surface area contributed by atoms with Gasteiger partial charge in [0.05, 0.1) is 5.69 Å². The van der Waals surface area contributed by atoms with Gasteiger partial charge in [-0.1, -0.05) is 35.9 Å². The van der Waals surface area contributed by atoms with Gasteiger partial charge in [-0.3, -0.25) is 4.79 Å². The predicted molar refractivity (Wildman–Crippen MR) is 113 cm³/mol. The first kappa shape index (κ1) is 17.9. The van der Waals surface area contributed by atoms with Crippen molar-refractivity contribution in [1.82, 2.24) is 10.2 Å². The van der Waals surface area contributed by atoms with Crippen LogP contribution in [0.3, 0.4) is 0 Å². The maximum Gasteiger partial charge on any atom is 0.255 e. The Hall–Kier alpha value is -3.44. The first-order valence-electron chi connectivity index (χ1n) is 8.76. The van der Waals surface area contributed by atoms with Crippen LogP contribution >= 0.6 is 11.6 Å². The Bertz CT molecular complexity index is 1140. The molecule has 6 heteroatoms. The lowest BCUT2D eigenvalue weighted by molar-refractivity contribution is 0.102. The van der Waals surface area contributed by atoms with Crippen molar-refractivity contribution in [2.75, 3.05) is 10.6 Å². The van der Waals surface area contributed by atoms with Gasteiger partial charge >= 0.3 is 0 Å². The molecule has 4 rings (SSSR count). The molecule has 1 aromatic heterocycles. The SMILES string of the molecule is Cc1nnc(Nc2ccc(NC(=O)c3ccc(Cl)cc3)cc2)c2ccccc12. The Balaban J connectivity index is 1.50. The number of anilines is 3. The largest absolute Gasteiger partial charge is 0.338 e. The molecule has 0 aliphatic carbocycles. The summed E-state index contributed by atoms with van der Waals surface area (Å²) in [4.78, 5) is 12.3. The lowest BCUT2D eigenvalue weighted by atomic mass is 10.1. The van der Waals surface area contributed by atoms with Crippen LogP contribution < -0.4 is 10.6 Å². The Morgan fingerprint density at radius 1 is 0.821 bits per heavy atom. The van der Waals surface area contributed by atoms with Gasteiger partial charge in [0.25, 0.3) is 5.91 Å². The minimum Gasteiger partial charge on any atom is -0.338 e. The molecule has 0 radical (unpaired) electrons. The number of aryl methyl sites for hydroxylation is 1. The fourth-order valence-corrected chi connectivity index (χ4v) is 3.03. The van der Waals surface area contributed by atoms with Crippen LogP contribution in [0.25, 0.3) is 10.8 Å². The highest BCUT2D eigenvalue weighted by atomic mass is 35.5. The third kappa shape index (κ3) is 3.80. The maximum absolute atomic E-state index is 12.3. The Morgan fingerprint density at radius 2 is 1.46 bits per heavy atom. The van der Waals surface area contributed by atoms with E-state index in [4.69, 9.17) is 11.6 Å². The molecule has 0 aliphatic rings. The van der Waals surface area contributed by atoms with Crippen molar-refractivity contribution in [1.29, 1.82) is 0 Å². The molecule has 0 unspecified atom stereocenters. The monoisotopic (exact) mass is 388 g/mol. The normalized spacial score (nSPS) is 10.6. The van der Waals surface area contributed by atoms with E-state index in [1.165, 1.54) is 0 Å². The van der Waals surface area contributed by atoms with Gasteiger partial charge in [-0.15, -0.1) is 5.10 Å². The van der Waals surface area contributed by atoms with Crippen LogP contribution in [0.1, 0.15) is 16.1 Å². The maximum atomic E-state index is 12.3. The van der Waals surface area contributed by atoms with E-state index in [1.54, 1.807) is 24.3 Å². The number of amides is 1. The van der Waals surface area contributed by atoms with Gasteiger partial charge in [0.15, 0.2) is 5.82 Å². The Morgan fingerprint density at radius 3 is 2.18 bits per heavy atom. The zero-order valence-corrected chi connectivity index (χ0v) is 15.9. The van der Waals surface area contributed by atoms with E-state index in [-0.39, 0.29) is 5.91 Å². The number of rotatable bonds is 4. The van der Waals surface area contributed by atoms with Crippen LogP contribution in [0.5, 0.6) is 0 Å². The number of hydrogen-bond donors (Lipinski definition) is 2.